The smallest absolute Gasteiger partial charge is 0.0587 e. The van der Waals surface area contributed by atoms with Gasteiger partial charge in [0, 0.05) is 10.6 Å². The van der Waals surface area contributed by atoms with Gasteiger partial charge in [0.05, 0.1) is 11.7 Å². The minimum atomic E-state index is 0.752. The Balaban J connectivity index is 2.37. The molecule has 0 radical (unpaired) electrons. The van der Waals surface area contributed by atoms with Gasteiger partial charge in [-0.2, -0.15) is 0 Å². The number of rotatable bonds is 4. The average Bonchev–Trinajstić information content (AvgIpc) is 2.15. The van der Waals surface area contributed by atoms with Gasteiger partial charge in [-0.1, -0.05) is 17.7 Å². The lowest BCUT2D eigenvalue weighted by molar-refractivity contribution is 1.16. The van der Waals surface area contributed by atoms with E-state index >= 15 is 0 Å². The monoisotopic (exact) mass is 209 g/mol. The molecule has 1 nitrogen and oxygen atoms in total. The Hall–Kier alpha value is -0.630. The maximum Gasteiger partial charge on any atom is 0.0587 e. The summed E-state index contributed by atoms with van der Waals surface area (Å²) < 4.78 is 0. The number of nitrogens with zero attached hydrogens (tertiary/aromatic N) is 1. The molecule has 68 valence electrons. The molecule has 13 heavy (non-hydrogen) atoms. The molecule has 0 aliphatic rings. The van der Waals surface area contributed by atoms with E-state index in [1.807, 2.05) is 0 Å². The van der Waals surface area contributed by atoms with E-state index in [2.05, 4.69) is 53.6 Å². The molecule has 1 aromatic rings. The first-order chi connectivity index (χ1) is 6.33. The van der Waals surface area contributed by atoms with Gasteiger partial charge in [-0.3, -0.25) is 0 Å². The van der Waals surface area contributed by atoms with Crippen molar-refractivity contribution in [1.29, 1.82) is 0 Å². The standard InChI is InChI=1S/C10H11NS2/c1-9-2-4-10(5-3-9)13-7-6-11-8-12/h2-5H,6-7H2,1H3. The molecule has 0 spiro atoms. The number of hydrogen-bond acceptors (Lipinski definition) is 3. The number of aliphatic imine (C=N–C) groups is 1. The van der Waals surface area contributed by atoms with Crippen molar-refractivity contribution >= 4 is 29.1 Å². The first kappa shape index (κ1) is 10.5. The maximum absolute atomic E-state index is 4.47. The number of thioether (sulfide) groups is 1. The normalized spacial score (nSPS) is 9.31. The zero-order valence-electron chi connectivity index (χ0n) is 7.49. The molecule has 0 atom stereocenters. The zero-order chi connectivity index (χ0) is 9.52. The van der Waals surface area contributed by atoms with Gasteiger partial charge in [0.25, 0.3) is 0 Å². The molecule has 0 aliphatic heterocycles. The van der Waals surface area contributed by atoms with Crippen LogP contribution in [0.4, 0.5) is 0 Å². The van der Waals surface area contributed by atoms with Crippen LogP contribution in [0, 0.1) is 6.92 Å². The molecule has 0 N–H and O–H groups in total. The van der Waals surface area contributed by atoms with Crippen LogP contribution in [0.25, 0.3) is 0 Å². The molecule has 1 rings (SSSR count). The fraction of sp³-hybridized carbons (Fsp3) is 0.300. The second-order valence-electron chi connectivity index (χ2n) is 2.63. The minimum Gasteiger partial charge on any atom is -0.232 e. The van der Waals surface area contributed by atoms with Gasteiger partial charge >= 0.3 is 0 Å². The highest BCUT2D eigenvalue weighted by Gasteiger charge is 1.91. The van der Waals surface area contributed by atoms with Crippen LogP contribution in [0.1, 0.15) is 5.56 Å². The SMILES string of the molecule is Cc1ccc(SCCN=C=S)cc1. The first-order valence-electron chi connectivity index (χ1n) is 4.06. The molecule has 3 heteroatoms. The van der Waals surface area contributed by atoms with Crippen LogP contribution in [-0.4, -0.2) is 17.5 Å². The van der Waals surface area contributed by atoms with Crippen LogP contribution in [0.5, 0.6) is 0 Å². The quantitative estimate of drug-likeness (QED) is 0.327. The van der Waals surface area contributed by atoms with E-state index in [9.17, 15) is 0 Å². The molecule has 0 amide bonds. The molecule has 0 heterocycles. The second kappa shape index (κ2) is 5.92. The molecule has 1 aromatic carbocycles. The number of aryl methyl sites for hydroxylation is 1. The predicted octanol–water partition coefficient (Wildman–Crippen LogP) is 3.19. The third-order valence-electron chi connectivity index (χ3n) is 1.56. The van der Waals surface area contributed by atoms with Gasteiger partial charge in [-0.25, -0.2) is 4.99 Å². The second-order valence-corrected chi connectivity index (χ2v) is 3.99. The van der Waals surface area contributed by atoms with E-state index in [1.165, 1.54) is 10.5 Å². The Morgan fingerprint density at radius 2 is 2.08 bits per heavy atom. The lowest BCUT2D eigenvalue weighted by Gasteiger charge is -1.98. The van der Waals surface area contributed by atoms with Crippen LogP contribution in [-0.2, 0) is 0 Å². The number of isothiocyanates is 1. The van der Waals surface area contributed by atoms with Crippen molar-refractivity contribution in [3.63, 3.8) is 0 Å². The van der Waals surface area contributed by atoms with Gasteiger partial charge < -0.3 is 0 Å². The van der Waals surface area contributed by atoms with Crippen LogP contribution in [0.2, 0.25) is 0 Å². The summed E-state index contributed by atoms with van der Waals surface area (Å²) in [6, 6.07) is 8.48. The van der Waals surface area contributed by atoms with Crippen LogP contribution < -0.4 is 0 Å². The van der Waals surface area contributed by atoms with Gasteiger partial charge in [-0.05, 0) is 31.3 Å². The molecule has 0 fully saturated rings. The van der Waals surface area contributed by atoms with Crippen molar-refractivity contribution in [3.8, 4) is 0 Å². The highest BCUT2D eigenvalue weighted by Crippen LogP contribution is 2.17. The molecule has 0 bridgehead atoms. The van der Waals surface area contributed by atoms with Crippen molar-refractivity contribution in [3.05, 3.63) is 29.8 Å². The molecular formula is C10H11NS2. The summed E-state index contributed by atoms with van der Waals surface area (Å²) in [5.41, 5.74) is 1.29. The summed E-state index contributed by atoms with van der Waals surface area (Å²) >= 11 is 6.26. The Labute approximate surface area is 88.3 Å². The molecule has 0 unspecified atom stereocenters. The minimum absolute atomic E-state index is 0.752. The summed E-state index contributed by atoms with van der Waals surface area (Å²) in [6.07, 6.45) is 0. The van der Waals surface area contributed by atoms with Crippen molar-refractivity contribution in [2.45, 2.75) is 11.8 Å². The van der Waals surface area contributed by atoms with E-state index in [-0.39, 0.29) is 0 Å². The summed E-state index contributed by atoms with van der Waals surface area (Å²) in [7, 11) is 0. The van der Waals surface area contributed by atoms with Gasteiger partial charge in [-0.15, -0.1) is 11.8 Å². The summed E-state index contributed by atoms with van der Waals surface area (Å²) in [4.78, 5) is 5.13. The summed E-state index contributed by atoms with van der Waals surface area (Å²) in [6.45, 7) is 2.84. The van der Waals surface area contributed by atoms with E-state index in [1.54, 1.807) is 11.8 Å². The topological polar surface area (TPSA) is 12.4 Å². The third-order valence-corrected chi connectivity index (χ3v) is 2.68. The summed E-state index contributed by atoms with van der Waals surface area (Å²) in [5.74, 6) is 0.965. The molecular weight excluding hydrogens is 198 g/mol. The Morgan fingerprint density at radius 3 is 2.69 bits per heavy atom. The lowest BCUT2D eigenvalue weighted by atomic mass is 10.2. The molecule has 0 aromatic heterocycles. The highest BCUT2D eigenvalue weighted by molar-refractivity contribution is 7.99. The number of thiocarbonyl (C=S) groups is 1. The van der Waals surface area contributed by atoms with Crippen LogP contribution in [0.3, 0.4) is 0 Å². The van der Waals surface area contributed by atoms with Crippen LogP contribution in [0.15, 0.2) is 34.2 Å². The van der Waals surface area contributed by atoms with E-state index in [4.69, 9.17) is 0 Å². The van der Waals surface area contributed by atoms with E-state index in [0.717, 1.165) is 12.3 Å². The van der Waals surface area contributed by atoms with Crippen molar-refractivity contribution < 1.29 is 0 Å². The number of benzene rings is 1. The Morgan fingerprint density at radius 1 is 1.38 bits per heavy atom. The fourth-order valence-electron chi connectivity index (χ4n) is 0.889. The van der Waals surface area contributed by atoms with E-state index in [0.29, 0.717) is 0 Å². The van der Waals surface area contributed by atoms with Gasteiger partial charge in [0.2, 0.25) is 0 Å². The summed E-state index contributed by atoms with van der Waals surface area (Å²) in [5, 5.41) is 2.36. The Kier molecular flexibility index (Phi) is 4.76. The predicted molar refractivity (Wildman–Crippen MR) is 61.8 cm³/mol. The van der Waals surface area contributed by atoms with Crippen LogP contribution >= 0.6 is 24.0 Å². The molecule has 0 aliphatic carbocycles. The molecule has 0 saturated heterocycles. The van der Waals surface area contributed by atoms with Crippen molar-refractivity contribution in [2.75, 3.05) is 12.3 Å². The maximum atomic E-state index is 4.47. The molecule has 0 saturated carbocycles. The fourth-order valence-corrected chi connectivity index (χ4v) is 1.73. The zero-order valence-corrected chi connectivity index (χ0v) is 9.12. The van der Waals surface area contributed by atoms with E-state index < -0.39 is 0 Å². The third kappa shape index (κ3) is 4.23. The van der Waals surface area contributed by atoms with Crippen molar-refractivity contribution in [2.24, 2.45) is 4.99 Å². The first-order valence-corrected chi connectivity index (χ1v) is 5.45. The average molecular weight is 209 g/mol. The Bertz CT molecular complexity index is 299. The largest absolute Gasteiger partial charge is 0.232 e. The number of hydrogen-bond donors (Lipinski definition) is 0. The van der Waals surface area contributed by atoms with Gasteiger partial charge in [0.15, 0.2) is 0 Å². The lowest BCUT2D eigenvalue weighted by Crippen LogP contribution is -1.83. The van der Waals surface area contributed by atoms with Crippen molar-refractivity contribution in [1.82, 2.24) is 0 Å². The van der Waals surface area contributed by atoms with Gasteiger partial charge in [0.1, 0.15) is 0 Å². The highest BCUT2D eigenvalue weighted by atomic mass is 32.2.